The number of anilines is 2. The van der Waals surface area contributed by atoms with Crippen LogP contribution in [0, 0.1) is 0 Å². The Morgan fingerprint density at radius 3 is 2.17 bits per heavy atom. The van der Waals surface area contributed by atoms with Gasteiger partial charge in [0.25, 0.3) is 5.91 Å². The highest BCUT2D eigenvalue weighted by Gasteiger charge is 2.19. The van der Waals surface area contributed by atoms with Gasteiger partial charge < -0.3 is 26.2 Å². The highest BCUT2D eigenvalue weighted by atomic mass is 32.2. The van der Waals surface area contributed by atoms with Crippen molar-refractivity contribution < 1.29 is 37.8 Å². The standard InChI is InChI=1S/C20H26N6O8S2/c1-11(27)22-18-24-14(15(35-18)16(28)21-9-10-36(2,33)34)8-5-12-3-6-13(7-4-12)23-17(25-19(29)30)26-20(31)32/h3-4,6-7,17,23,25-26H,5,8-10H2,1-2H3,(H,21,28)(H,29,30)(H,31,32)(H,22,24,27). The number of nitrogens with one attached hydrogen (secondary N) is 5. The van der Waals surface area contributed by atoms with Crippen LogP contribution in [0.2, 0.25) is 0 Å². The first-order chi connectivity index (χ1) is 16.8. The van der Waals surface area contributed by atoms with E-state index in [1.165, 1.54) is 6.92 Å². The van der Waals surface area contributed by atoms with E-state index in [1.807, 2.05) is 10.6 Å². The lowest BCUT2D eigenvalue weighted by Crippen LogP contribution is -2.52. The van der Waals surface area contributed by atoms with Crippen molar-refractivity contribution in [3.05, 3.63) is 40.4 Å². The molecular weight excluding hydrogens is 516 g/mol. The van der Waals surface area contributed by atoms with Crippen LogP contribution < -0.4 is 26.6 Å². The molecule has 0 atom stereocenters. The largest absolute Gasteiger partial charge is 0.465 e. The van der Waals surface area contributed by atoms with Crippen molar-refractivity contribution in [2.75, 3.05) is 29.2 Å². The Morgan fingerprint density at radius 2 is 1.64 bits per heavy atom. The smallest absolute Gasteiger partial charge is 0.407 e. The van der Waals surface area contributed by atoms with Gasteiger partial charge in [-0.25, -0.2) is 23.0 Å². The molecule has 2 aromatic rings. The number of nitrogens with zero attached hydrogens (tertiary/aromatic N) is 1. The van der Waals surface area contributed by atoms with Gasteiger partial charge in [0.05, 0.1) is 11.4 Å². The number of sulfone groups is 1. The van der Waals surface area contributed by atoms with Gasteiger partial charge in [-0.05, 0) is 30.5 Å². The summed E-state index contributed by atoms with van der Waals surface area (Å²) in [7, 11) is -3.25. The third kappa shape index (κ3) is 10.1. The normalized spacial score (nSPS) is 11.0. The summed E-state index contributed by atoms with van der Waals surface area (Å²) >= 11 is 0.984. The van der Waals surface area contributed by atoms with E-state index >= 15 is 0 Å². The van der Waals surface area contributed by atoms with Gasteiger partial charge in [-0.1, -0.05) is 23.5 Å². The van der Waals surface area contributed by atoms with Crippen molar-refractivity contribution in [2.45, 2.75) is 26.1 Å². The zero-order valence-corrected chi connectivity index (χ0v) is 21.0. The molecule has 0 aliphatic heterocycles. The SMILES string of the molecule is CC(=O)Nc1nc(CCc2ccc(NC(NC(=O)O)NC(=O)O)cc2)c(C(=O)NCCS(C)(=O)=O)s1. The van der Waals surface area contributed by atoms with Gasteiger partial charge in [0, 0.05) is 25.4 Å². The van der Waals surface area contributed by atoms with Crippen LogP contribution in [0.3, 0.4) is 0 Å². The molecule has 1 heterocycles. The van der Waals surface area contributed by atoms with Crippen LogP contribution in [0.15, 0.2) is 24.3 Å². The van der Waals surface area contributed by atoms with E-state index in [1.54, 1.807) is 24.3 Å². The number of hydrogen-bond acceptors (Lipinski definition) is 9. The van der Waals surface area contributed by atoms with Gasteiger partial charge in [-0.3, -0.25) is 20.2 Å². The van der Waals surface area contributed by atoms with Crippen molar-refractivity contribution in [1.29, 1.82) is 0 Å². The zero-order valence-electron chi connectivity index (χ0n) is 19.3. The van der Waals surface area contributed by atoms with Crippen LogP contribution in [-0.2, 0) is 27.5 Å². The molecule has 0 fully saturated rings. The number of carbonyl (C=O) groups excluding carboxylic acids is 2. The maximum Gasteiger partial charge on any atom is 0.407 e. The lowest BCUT2D eigenvalue weighted by molar-refractivity contribution is -0.114. The van der Waals surface area contributed by atoms with Crippen molar-refractivity contribution in [2.24, 2.45) is 0 Å². The number of aryl methyl sites for hydroxylation is 2. The molecule has 7 N–H and O–H groups in total. The number of amides is 4. The van der Waals surface area contributed by atoms with E-state index in [2.05, 4.69) is 20.9 Å². The summed E-state index contributed by atoms with van der Waals surface area (Å²) in [5.74, 6) is -1.06. The van der Waals surface area contributed by atoms with Gasteiger partial charge in [0.15, 0.2) is 11.4 Å². The number of carboxylic acid groups (broad SMARTS) is 2. The Balaban J connectivity index is 2.08. The van der Waals surface area contributed by atoms with E-state index in [9.17, 15) is 27.6 Å². The molecule has 16 heteroatoms. The highest BCUT2D eigenvalue weighted by molar-refractivity contribution is 7.90. The van der Waals surface area contributed by atoms with Gasteiger partial charge in [-0.15, -0.1) is 0 Å². The second-order valence-corrected chi connectivity index (χ2v) is 10.8. The number of benzene rings is 1. The Morgan fingerprint density at radius 1 is 1.03 bits per heavy atom. The molecule has 196 valence electrons. The maximum absolute atomic E-state index is 12.6. The Kier molecular flexibility index (Phi) is 9.98. The number of hydrogen-bond donors (Lipinski definition) is 7. The number of thiazole rings is 1. The lowest BCUT2D eigenvalue weighted by Gasteiger charge is -2.19. The minimum absolute atomic E-state index is 0.0621. The zero-order chi connectivity index (χ0) is 26.9. The molecule has 0 radical (unpaired) electrons. The fraction of sp³-hybridized carbons (Fsp3) is 0.350. The minimum atomic E-state index is -3.25. The predicted molar refractivity (Wildman–Crippen MR) is 132 cm³/mol. The van der Waals surface area contributed by atoms with Gasteiger partial charge in [0.1, 0.15) is 14.7 Å². The Hall–Kier alpha value is -3.92. The summed E-state index contributed by atoms with van der Waals surface area (Å²) in [5, 5.41) is 29.6. The summed E-state index contributed by atoms with van der Waals surface area (Å²) in [6.45, 7) is 1.25. The van der Waals surface area contributed by atoms with E-state index < -0.39 is 34.2 Å². The number of carbonyl (C=O) groups is 4. The molecule has 36 heavy (non-hydrogen) atoms. The average Bonchev–Trinajstić information content (AvgIpc) is 3.13. The van der Waals surface area contributed by atoms with Crippen LogP contribution in [0.25, 0.3) is 0 Å². The molecule has 14 nitrogen and oxygen atoms in total. The average molecular weight is 543 g/mol. The first-order valence-corrected chi connectivity index (χ1v) is 13.3. The number of aromatic nitrogens is 1. The van der Waals surface area contributed by atoms with Gasteiger partial charge in [0.2, 0.25) is 5.91 Å². The molecule has 0 unspecified atom stereocenters. The van der Waals surface area contributed by atoms with E-state index in [4.69, 9.17) is 10.2 Å². The summed E-state index contributed by atoms with van der Waals surface area (Å²) in [5.41, 5.74) is 1.71. The lowest BCUT2D eigenvalue weighted by atomic mass is 10.1. The molecule has 0 saturated heterocycles. The second kappa shape index (κ2) is 12.7. The van der Waals surface area contributed by atoms with Crippen LogP contribution in [-0.4, -0.2) is 72.5 Å². The van der Waals surface area contributed by atoms with Crippen LogP contribution in [0.4, 0.5) is 20.4 Å². The molecule has 1 aromatic heterocycles. The molecule has 0 aliphatic rings. The second-order valence-electron chi connectivity index (χ2n) is 7.54. The molecule has 1 aromatic carbocycles. The first-order valence-electron chi connectivity index (χ1n) is 10.4. The Labute approximate surface area is 210 Å². The number of rotatable bonds is 12. The predicted octanol–water partition coefficient (Wildman–Crippen LogP) is 0.892. The molecule has 0 aliphatic carbocycles. The summed E-state index contributed by atoms with van der Waals surface area (Å²) in [6.07, 6.45) is -2.25. The first kappa shape index (κ1) is 28.3. The monoisotopic (exact) mass is 542 g/mol. The van der Waals surface area contributed by atoms with Crippen molar-refractivity contribution in [3.63, 3.8) is 0 Å². The van der Waals surface area contributed by atoms with Crippen molar-refractivity contribution in [3.8, 4) is 0 Å². The molecular formula is C20H26N6O8S2. The van der Waals surface area contributed by atoms with E-state index in [0.717, 1.165) is 23.2 Å². The molecule has 0 bridgehead atoms. The molecule has 0 spiro atoms. The fourth-order valence-corrected chi connectivity index (χ4v) is 4.33. The van der Waals surface area contributed by atoms with Gasteiger partial charge in [-0.2, -0.15) is 0 Å². The molecule has 2 rings (SSSR count). The van der Waals surface area contributed by atoms with Crippen LogP contribution >= 0.6 is 11.3 Å². The van der Waals surface area contributed by atoms with Crippen LogP contribution in [0.1, 0.15) is 27.9 Å². The van der Waals surface area contributed by atoms with Crippen molar-refractivity contribution >= 4 is 56.0 Å². The Bertz CT molecular complexity index is 1200. The van der Waals surface area contributed by atoms with E-state index in [0.29, 0.717) is 24.2 Å². The topological polar surface area (TPSA) is 216 Å². The maximum atomic E-state index is 12.6. The minimum Gasteiger partial charge on any atom is -0.465 e. The highest BCUT2D eigenvalue weighted by Crippen LogP contribution is 2.25. The third-order valence-corrected chi connectivity index (χ3v) is 6.35. The summed E-state index contributed by atoms with van der Waals surface area (Å²) < 4.78 is 22.6. The summed E-state index contributed by atoms with van der Waals surface area (Å²) in [6, 6.07) is 6.71. The van der Waals surface area contributed by atoms with Crippen LogP contribution in [0.5, 0.6) is 0 Å². The molecule has 4 amide bonds. The van der Waals surface area contributed by atoms with Gasteiger partial charge >= 0.3 is 12.2 Å². The quantitative estimate of drug-likeness (QED) is 0.188. The third-order valence-electron chi connectivity index (χ3n) is 4.40. The van der Waals surface area contributed by atoms with Crippen molar-refractivity contribution in [1.82, 2.24) is 20.9 Å². The summed E-state index contributed by atoms with van der Waals surface area (Å²) in [4.78, 5) is 50.2. The van der Waals surface area contributed by atoms with E-state index in [-0.39, 0.29) is 28.2 Å². The fourth-order valence-electron chi connectivity index (χ4n) is 2.89. The molecule has 0 saturated carbocycles.